The highest BCUT2D eigenvalue weighted by Crippen LogP contribution is 2.20. The second kappa shape index (κ2) is 6.74. The molecule has 0 saturated carbocycles. The van der Waals surface area contributed by atoms with Gasteiger partial charge in [-0.1, -0.05) is 18.2 Å². The maximum Gasteiger partial charge on any atom is 0.330 e. The molecule has 0 spiro atoms. The van der Waals surface area contributed by atoms with Crippen LogP contribution in [-0.2, 0) is 9.53 Å². The highest BCUT2D eigenvalue weighted by Gasteiger charge is 2.02. The van der Waals surface area contributed by atoms with E-state index in [-0.39, 0.29) is 12.1 Å². The van der Waals surface area contributed by atoms with Crippen molar-refractivity contribution >= 4 is 12.0 Å². The molecule has 0 atom stereocenters. The van der Waals surface area contributed by atoms with Gasteiger partial charge in [-0.25, -0.2) is 4.79 Å². The Morgan fingerprint density at radius 3 is 2.71 bits per heavy atom. The molecule has 0 heterocycles. The van der Waals surface area contributed by atoms with Crippen LogP contribution in [0.1, 0.15) is 26.3 Å². The van der Waals surface area contributed by atoms with Crippen molar-refractivity contribution in [1.82, 2.24) is 0 Å². The number of carbonyl (C=O) groups is 1. The zero-order valence-electron chi connectivity index (χ0n) is 10.5. The molecule has 0 N–H and O–H groups in total. The summed E-state index contributed by atoms with van der Waals surface area (Å²) in [5.41, 5.74) is 0.870. The summed E-state index contributed by atoms with van der Waals surface area (Å²) in [6.07, 6.45) is 3.22. The van der Waals surface area contributed by atoms with E-state index >= 15 is 0 Å². The highest BCUT2D eigenvalue weighted by molar-refractivity contribution is 5.87. The quantitative estimate of drug-likeness (QED) is 0.580. The van der Waals surface area contributed by atoms with Gasteiger partial charge in [-0.2, -0.15) is 0 Å². The van der Waals surface area contributed by atoms with Crippen LogP contribution < -0.4 is 4.74 Å². The van der Waals surface area contributed by atoms with Gasteiger partial charge < -0.3 is 9.47 Å². The van der Waals surface area contributed by atoms with Gasteiger partial charge in [0.15, 0.2) is 0 Å². The lowest BCUT2D eigenvalue weighted by Gasteiger charge is -2.11. The van der Waals surface area contributed by atoms with E-state index in [9.17, 15) is 4.79 Å². The van der Waals surface area contributed by atoms with E-state index in [4.69, 9.17) is 9.47 Å². The van der Waals surface area contributed by atoms with Gasteiger partial charge >= 0.3 is 5.97 Å². The Kier molecular flexibility index (Phi) is 5.27. The molecule has 17 heavy (non-hydrogen) atoms. The van der Waals surface area contributed by atoms with E-state index in [0.717, 1.165) is 11.3 Å². The third-order valence-electron chi connectivity index (χ3n) is 1.97. The summed E-state index contributed by atoms with van der Waals surface area (Å²) >= 11 is 0. The molecule has 92 valence electrons. The van der Waals surface area contributed by atoms with Gasteiger partial charge in [0, 0.05) is 11.6 Å². The Balaban J connectivity index is 2.79. The molecular weight excluding hydrogens is 216 g/mol. The maximum absolute atomic E-state index is 11.2. The van der Waals surface area contributed by atoms with Crippen LogP contribution in [0.3, 0.4) is 0 Å². The van der Waals surface area contributed by atoms with Crippen LogP contribution in [0.5, 0.6) is 5.75 Å². The van der Waals surface area contributed by atoms with Gasteiger partial charge in [-0.05, 0) is 32.9 Å². The van der Waals surface area contributed by atoms with Crippen LogP contribution in [-0.4, -0.2) is 18.7 Å². The number of hydrogen-bond donors (Lipinski definition) is 0. The van der Waals surface area contributed by atoms with Crippen molar-refractivity contribution < 1.29 is 14.3 Å². The fraction of sp³-hybridized carbons (Fsp3) is 0.357. The molecule has 0 aliphatic carbocycles. The third kappa shape index (κ3) is 4.72. The van der Waals surface area contributed by atoms with Crippen molar-refractivity contribution in [2.45, 2.75) is 26.9 Å². The topological polar surface area (TPSA) is 35.5 Å². The SMILES string of the molecule is CCOC(=O)C=Cc1ccccc1OC(C)C. The van der Waals surface area contributed by atoms with Crippen LogP contribution in [0.2, 0.25) is 0 Å². The van der Waals surface area contributed by atoms with Crippen molar-refractivity contribution in [3.05, 3.63) is 35.9 Å². The number of hydrogen-bond acceptors (Lipinski definition) is 3. The van der Waals surface area contributed by atoms with E-state index in [1.54, 1.807) is 13.0 Å². The molecule has 3 nitrogen and oxygen atoms in total. The molecule has 3 heteroatoms. The second-order valence-electron chi connectivity index (χ2n) is 3.79. The van der Waals surface area contributed by atoms with Crippen LogP contribution >= 0.6 is 0 Å². The summed E-state index contributed by atoms with van der Waals surface area (Å²) in [5, 5.41) is 0. The first-order valence-electron chi connectivity index (χ1n) is 5.74. The minimum Gasteiger partial charge on any atom is -0.490 e. The molecule has 1 rings (SSSR count). The summed E-state index contributed by atoms with van der Waals surface area (Å²) in [4.78, 5) is 11.2. The lowest BCUT2D eigenvalue weighted by atomic mass is 10.2. The molecule has 0 fully saturated rings. The zero-order chi connectivity index (χ0) is 12.7. The fourth-order valence-electron chi connectivity index (χ4n) is 1.33. The Hall–Kier alpha value is -1.77. The number of ether oxygens (including phenoxy) is 2. The van der Waals surface area contributed by atoms with E-state index in [2.05, 4.69) is 0 Å². The molecule has 0 aliphatic heterocycles. The van der Waals surface area contributed by atoms with Crippen LogP contribution in [0.4, 0.5) is 0 Å². The minimum absolute atomic E-state index is 0.104. The zero-order valence-corrected chi connectivity index (χ0v) is 10.5. The lowest BCUT2D eigenvalue weighted by Crippen LogP contribution is -2.06. The molecule has 0 radical (unpaired) electrons. The first kappa shape index (κ1) is 13.3. The van der Waals surface area contributed by atoms with E-state index in [0.29, 0.717) is 6.61 Å². The van der Waals surface area contributed by atoms with Gasteiger partial charge in [-0.3, -0.25) is 0 Å². The van der Waals surface area contributed by atoms with Crippen molar-refractivity contribution in [2.75, 3.05) is 6.61 Å². The predicted octanol–water partition coefficient (Wildman–Crippen LogP) is 3.05. The average molecular weight is 234 g/mol. The number of benzene rings is 1. The fourth-order valence-corrected chi connectivity index (χ4v) is 1.33. The summed E-state index contributed by atoms with van der Waals surface area (Å²) in [6.45, 7) is 6.09. The summed E-state index contributed by atoms with van der Waals surface area (Å²) in [6, 6.07) is 7.58. The molecule has 0 amide bonds. The lowest BCUT2D eigenvalue weighted by molar-refractivity contribution is -0.137. The van der Waals surface area contributed by atoms with Gasteiger partial charge in [0.2, 0.25) is 0 Å². The molecule has 0 unspecified atom stereocenters. The predicted molar refractivity (Wildman–Crippen MR) is 67.9 cm³/mol. The van der Waals surface area contributed by atoms with E-state index < -0.39 is 0 Å². The number of carbonyl (C=O) groups excluding carboxylic acids is 1. The largest absolute Gasteiger partial charge is 0.490 e. The number of para-hydroxylation sites is 1. The normalized spacial score (nSPS) is 10.8. The van der Waals surface area contributed by atoms with Crippen LogP contribution in [0.25, 0.3) is 6.08 Å². The summed E-state index contributed by atoms with van der Waals surface area (Å²) < 4.78 is 10.5. The van der Waals surface area contributed by atoms with Gasteiger partial charge in [0.1, 0.15) is 5.75 Å². The number of rotatable bonds is 5. The van der Waals surface area contributed by atoms with Crippen LogP contribution in [0, 0.1) is 0 Å². The first-order chi connectivity index (χ1) is 8.13. The van der Waals surface area contributed by atoms with Gasteiger partial charge in [-0.15, -0.1) is 0 Å². The smallest absolute Gasteiger partial charge is 0.330 e. The van der Waals surface area contributed by atoms with E-state index in [1.165, 1.54) is 6.08 Å². The Labute approximate surface area is 102 Å². The summed E-state index contributed by atoms with van der Waals surface area (Å²) in [5.74, 6) is 0.426. The molecule has 0 aliphatic rings. The van der Waals surface area contributed by atoms with Crippen LogP contribution in [0.15, 0.2) is 30.3 Å². The Morgan fingerprint density at radius 2 is 2.06 bits per heavy atom. The first-order valence-corrected chi connectivity index (χ1v) is 5.74. The second-order valence-corrected chi connectivity index (χ2v) is 3.79. The van der Waals surface area contributed by atoms with Crippen molar-refractivity contribution in [3.63, 3.8) is 0 Å². The van der Waals surface area contributed by atoms with Gasteiger partial charge in [0.25, 0.3) is 0 Å². The number of esters is 1. The van der Waals surface area contributed by atoms with E-state index in [1.807, 2.05) is 38.1 Å². The Bertz CT molecular complexity index is 394. The monoisotopic (exact) mass is 234 g/mol. The molecule has 0 aromatic heterocycles. The van der Waals surface area contributed by atoms with Gasteiger partial charge in [0.05, 0.1) is 12.7 Å². The third-order valence-corrected chi connectivity index (χ3v) is 1.97. The van der Waals surface area contributed by atoms with Crippen molar-refractivity contribution in [1.29, 1.82) is 0 Å². The average Bonchev–Trinajstić information content (AvgIpc) is 2.27. The molecule has 1 aromatic rings. The summed E-state index contributed by atoms with van der Waals surface area (Å²) in [7, 11) is 0. The van der Waals surface area contributed by atoms with Crippen molar-refractivity contribution in [2.24, 2.45) is 0 Å². The maximum atomic E-state index is 11.2. The standard InChI is InChI=1S/C14H18O3/c1-4-16-14(15)10-9-12-7-5-6-8-13(12)17-11(2)3/h5-11H,4H2,1-3H3. The molecule has 0 bridgehead atoms. The molecule has 0 saturated heterocycles. The highest BCUT2D eigenvalue weighted by atomic mass is 16.5. The minimum atomic E-state index is -0.341. The molecular formula is C14H18O3. The Morgan fingerprint density at radius 1 is 1.35 bits per heavy atom. The molecule has 1 aromatic carbocycles. The van der Waals surface area contributed by atoms with Crippen molar-refractivity contribution in [3.8, 4) is 5.75 Å².